The zero-order valence-electron chi connectivity index (χ0n) is 7.29. The smallest absolute Gasteiger partial charge is 0.328 e. The molecular weight excluding hydrogens is 302 g/mol. The van der Waals surface area contributed by atoms with E-state index in [1.165, 1.54) is 19.2 Å². The molecule has 0 amide bonds. The molecule has 0 unspecified atom stereocenters. The van der Waals surface area contributed by atoms with E-state index in [1.807, 2.05) is 22.6 Å². The summed E-state index contributed by atoms with van der Waals surface area (Å²) in [6, 6.07) is 1.51. The lowest BCUT2D eigenvalue weighted by Crippen LogP contribution is -2.43. The second-order valence-electron chi connectivity index (χ2n) is 2.97. The summed E-state index contributed by atoms with van der Waals surface area (Å²) in [6.45, 7) is 1.23. The SMILES string of the molecule is C[C@@](N)(C(=O)O)c1c(I)ccnc1F. The first-order valence-corrected chi connectivity index (χ1v) is 4.78. The van der Waals surface area contributed by atoms with Crippen LogP contribution in [0.4, 0.5) is 4.39 Å². The van der Waals surface area contributed by atoms with Gasteiger partial charge in [-0.2, -0.15) is 4.39 Å². The van der Waals surface area contributed by atoms with Crippen molar-refractivity contribution in [1.82, 2.24) is 4.98 Å². The molecule has 0 saturated heterocycles. The Morgan fingerprint density at radius 1 is 1.79 bits per heavy atom. The minimum Gasteiger partial charge on any atom is -0.480 e. The second-order valence-corrected chi connectivity index (χ2v) is 4.13. The number of carbonyl (C=O) groups is 1. The Bertz CT molecular complexity index is 361. The number of hydrogen-bond donors (Lipinski definition) is 2. The maximum absolute atomic E-state index is 13.2. The zero-order valence-corrected chi connectivity index (χ0v) is 9.45. The number of aromatic nitrogens is 1. The molecule has 14 heavy (non-hydrogen) atoms. The molecule has 0 spiro atoms. The van der Waals surface area contributed by atoms with Gasteiger partial charge in [0.2, 0.25) is 5.95 Å². The summed E-state index contributed by atoms with van der Waals surface area (Å²) in [7, 11) is 0. The van der Waals surface area contributed by atoms with Crippen LogP contribution in [0.3, 0.4) is 0 Å². The molecule has 3 N–H and O–H groups in total. The van der Waals surface area contributed by atoms with Gasteiger partial charge >= 0.3 is 5.97 Å². The van der Waals surface area contributed by atoms with Crippen LogP contribution < -0.4 is 5.73 Å². The van der Waals surface area contributed by atoms with Crippen molar-refractivity contribution in [1.29, 1.82) is 0 Å². The molecule has 1 heterocycles. The van der Waals surface area contributed by atoms with Gasteiger partial charge in [-0.25, -0.2) is 9.78 Å². The molecule has 0 aliphatic heterocycles. The molecule has 0 radical (unpaired) electrons. The zero-order chi connectivity index (χ0) is 10.9. The highest BCUT2D eigenvalue weighted by Gasteiger charge is 2.35. The van der Waals surface area contributed by atoms with Crippen molar-refractivity contribution in [2.75, 3.05) is 0 Å². The van der Waals surface area contributed by atoms with E-state index in [2.05, 4.69) is 4.98 Å². The van der Waals surface area contributed by atoms with E-state index in [0.717, 1.165) is 0 Å². The van der Waals surface area contributed by atoms with Gasteiger partial charge in [0.15, 0.2) is 0 Å². The number of halogens is 2. The minimum absolute atomic E-state index is 0.0897. The first-order valence-electron chi connectivity index (χ1n) is 3.70. The largest absolute Gasteiger partial charge is 0.480 e. The van der Waals surface area contributed by atoms with Crippen molar-refractivity contribution in [2.24, 2.45) is 5.73 Å². The molecule has 1 aromatic heterocycles. The van der Waals surface area contributed by atoms with Gasteiger partial charge in [0, 0.05) is 9.77 Å². The Kier molecular flexibility index (Phi) is 3.05. The van der Waals surface area contributed by atoms with Crippen LogP contribution in [-0.4, -0.2) is 16.1 Å². The molecule has 0 aliphatic carbocycles. The Balaban J connectivity index is 3.38. The van der Waals surface area contributed by atoms with E-state index in [1.54, 1.807) is 0 Å². The standard InChI is InChI=1S/C8H8FIN2O2/c1-8(11,7(13)14)5-4(10)2-3-12-6(5)9/h2-3H,11H2,1H3,(H,13,14)/t8-/m0/s1. The fourth-order valence-corrected chi connectivity index (χ4v) is 1.93. The number of aliphatic carboxylic acids is 1. The first kappa shape index (κ1) is 11.3. The summed E-state index contributed by atoms with van der Waals surface area (Å²) >= 11 is 1.82. The van der Waals surface area contributed by atoms with Crippen molar-refractivity contribution in [3.05, 3.63) is 27.3 Å². The van der Waals surface area contributed by atoms with Crippen LogP contribution in [0.1, 0.15) is 12.5 Å². The Labute approximate surface area is 93.5 Å². The normalized spacial score (nSPS) is 14.9. The van der Waals surface area contributed by atoms with Crippen LogP contribution in [0.15, 0.2) is 12.3 Å². The highest BCUT2D eigenvalue weighted by molar-refractivity contribution is 14.1. The average Bonchev–Trinajstić information content (AvgIpc) is 2.02. The van der Waals surface area contributed by atoms with E-state index >= 15 is 0 Å². The monoisotopic (exact) mass is 310 g/mol. The summed E-state index contributed by atoms with van der Waals surface area (Å²) in [5.74, 6) is -2.13. The number of carboxylic acids is 1. The van der Waals surface area contributed by atoms with Crippen molar-refractivity contribution in [2.45, 2.75) is 12.5 Å². The number of rotatable bonds is 2. The second kappa shape index (κ2) is 3.77. The van der Waals surface area contributed by atoms with Gasteiger partial charge < -0.3 is 10.8 Å². The molecule has 1 rings (SSSR count). The third kappa shape index (κ3) is 1.85. The maximum Gasteiger partial charge on any atom is 0.328 e. The Morgan fingerprint density at radius 2 is 2.36 bits per heavy atom. The molecule has 1 atom stereocenters. The Hall–Kier alpha value is -0.760. The lowest BCUT2D eigenvalue weighted by atomic mass is 9.95. The van der Waals surface area contributed by atoms with Gasteiger partial charge in [-0.3, -0.25) is 0 Å². The summed E-state index contributed by atoms with van der Waals surface area (Å²) in [4.78, 5) is 14.2. The van der Waals surface area contributed by atoms with E-state index in [9.17, 15) is 9.18 Å². The number of nitrogens with zero attached hydrogens (tertiary/aromatic N) is 1. The summed E-state index contributed by atoms with van der Waals surface area (Å²) in [6.07, 6.45) is 1.26. The molecule has 6 heteroatoms. The molecule has 4 nitrogen and oxygen atoms in total. The molecule has 76 valence electrons. The van der Waals surface area contributed by atoms with E-state index in [-0.39, 0.29) is 5.56 Å². The predicted molar refractivity (Wildman–Crippen MR) is 56.1 cm³/mol. The average molecular weight is 310 g/mol. The summed E-state index contributed by atoms with van der Waals surface area (Å²) < 4.78 is 13.7. The maximum atomic E-state index is 13.2. The molecule has 1 aromatic rings. The van der Waals surface area contributed by atoms with Crippen molar-refractivity contribution in [3.63, 3.8) is 0 Å². The molecule has 0 aliphatic rings. The molecule has 0 bridgehead atoms. The van der Waals surface area contributed by atoms with E-state index in [0.29, 0.717) is 3.57 Å². The van der Waals surface area contributed by atoms with Gasteiger partial charge in [0.1, 0.15) is 5.54 Å². The van der Waals surface area contributed by atoms with Crippen LogP contribution in [0.25, 0.3) is 0 Å². The van der Waals surface area contributed by atoms with Crippen LogP contribution >= 0.6 is 22.6 Å². The number of pyridine rings is 1. The van der Waals surface area contributed by atoms with Crippen LogP contribution in [0.2, 0.25) is 0 Å². The molecule has 0 saturated carbocycles. The third-order valence-corrected chi connectivity index (χ3v) is 2.72. The quantitative estimate of drug-likeness (QED) is 0.633. The lowest BCUT2D eigenvalue weighted by Gasteiger charge is -2.20. The predicted octanol–water partition coefficient (Wildman–Crippen LogP) is 1.08. The van der Waals surface area contributed by atoms with Crippen molar-refractivity contribution in [3.8, 4) is 0 Å². The Morgan fingerprint density at radius 3 is 2.79 bits per heavy atom. The number of nitrogens with two attached hydrogens (primary N) is 1. The van der Waals surface area contributed by atoms with Gasteiger partial charge in [0.05, 0.1) is 5.56 Å². The van der Waals surface area contributed by atoms with Gasteiger partial charge in [0.25, 0.3) is 0 Å². The van der Waals surface area contributed by atoms with Gasteiger partial charge in [-0.1, -0.05) is 0 Å². The van der Waals surface area contributed by atoms with E-state index in [4.69, 9.17) is 10.8 Å². The van der Waals surface area contributed by atoms with Crippen LogP contribution in [-0.2, 0) is 10.3 Å². The van der Waals surface area contributed by atoms with E-state index < -0.39 is 17.5 Å². The highest BCUT2D eigenvalue weighted by Crippen LogP contribution is 2.25. The number of hydrogen-bond acceptors (Lipinski definition) is 3. The molecule has 0 fully saturated rings. The van der Waals surface area contributed by atoms with Gasteiger partial charge in [-0.05, 0) is 35.6 Å². The number of carboxylic acid groups (broad SMARTS) is 1. The lowest BCUT2D eigenvalue weighted by molar-refractivity contribution is -0.143. The fraction of sp³-hybridized carbons (Fsp3) is 0.250. The van der Waals surface area contributed by atoms with Crippen LogP contribution in [0, 0.1) is 9.52 Å². The summed E-state index contributed by atoms with van der Waals surface area (Å²) in [5, 5.41) is 8.82. The van der Waals surface area contributed by atoms with Gasteiger partial charge in [-0.15, -0.1) is 0 Å². The third-order valence-electron chi connectivity index (χ3n) is 1.82. The van der Waals surface area contributed by atoms with Crippen LogP contribution in [0.5, 0.6) is 0 Å². The fourth-order valence-electron chi connectivity index (χ4n) is 0.984. The highest BCUT2D eigenvalue weighted by atomic mass is 127. The topological polar surface area (TPSA) is 76.2 Å². The van der Waals surface area contributed by atoms with Crippen molar-refractivity contribution < 1.29 is 14.3 Å². The van der Waals surface area contributed by atoms with Crippen molar-refractivity contribution >= 4 is 28.6 Å². The first-order chi connectivity index (χ1) is 6.37. The minimum atomic E-state index is -1.76. The molecular formula is C8H8FIN2O2. The summed E-state index contributed by atoms with van der Waals surface area (Å²) in [5.41, 5.74) is 3.65. The molecule has 0 aromatic carbocycles.